The van der Waals surface area contributed by atoms with Crippen molar-refractivity contribution in [2.24, 2.45) is 0 Å². The van der Waals surface area contributed by atoms with Crippen LogP contribution in [0.1, 0.15) is 56.2 Å². The van der Waals surface area contributed by atoms with Crippen LogP contribution in [0.2, 0.25) is 0 Å². The maximum atomic E-state index is 11.4. The highest BCUT2D eigenvalue weighted by molar-refractivity contribution is 6.00. The summed E-state index contributed by atoms with van der Waals surface area (Å²) < 4.78 is 8.06. The number of aldehydes is 1. The van der Waals surface area contributed by atoms with Crippen LogP contribution >= 0.6 is 0 Å². The van der Waals surface area contributed by atoms with E-state index in [1.807, 2.05) is 25.1 Å². The van der Waals surface area contributed by atoms with Gasteiger partial charge in [0.1, 0.15) is 5.75 Å². The summed E-state index contributed by atoms with van der Waals surface area (Å²) in [6.45, 7) is 10.4. The van der Waals surface area contributed by atoms with E-state index in [0.717, 1.165) is 40.6 Å². The average molecular weight is 273 g/mol. The van der Waals surface area contributed by atoms with Crippen LogP contribution in [0.5, 0.6) is 5.75 Å². The molecule has 0 fully saturated rings. The predicted octanol–water partition coefficient (Wildman–Crippen LogP) is 4.52. The molecule has 0 saturated carbocycles. The number of carbonyl (C=O) groups is 1. The quantitative estimate of drug-likeness (QED) is 0.750. The van der Waals surface area contributed by atoms with Gasteiger partial charge in [-0.3, -0.25) is 4.79 Å². The first-order chi connectivity index (χ1) is 9.49. The summed E-state index contributed by atoms with van der Waals surface area (Å²) in [7, 11) is 0. The Kier molecular flexibility index (Phi) is 4.17. The summed E-state index contributed by atoms with van der Waals surface area (Å²) in [6, 6.07) is 6.35. The van der Waals surface area contributed by atoms with E-state index in [1.165, 1.54) is 0 Å². The lowest BCUT2D eigenvalue weighted by Gasteiger charge is -2.14. The molecule has 2 aromatic rings. The first-order valence-electron chi connectivity index (χ1n) is 7.26. The maximum Gasteiger partial charge on any atom is 0.152 e. The Morgan fingerprint density at radius 3 is 2.55 bits per heavy atom. The van der Waals surface area contributed by atoms with Gasteiger partial charge in [-0.15, -0.1) is 0 Å². The van der Waals surface area contributed by atoms with Gasteiger partial charge in [0.15, 0.2) is 6.29 Å². The fourth-order valence-corrected chi connectivity index (χ4v) is 2.65. The van der Waals surface area contributed by atoms with E-state index >= 15 is 0 Å². The van der Waals surface area contributed by atoms with Gasteiger partial charge in [-0.05, 0) is 52.3 Å². The molecule has 20 heavy (non-hydrogen) atoms. The molecule has 1 aromatic carbocycles. The molecule has 1 atom stereocenters. The molecule has 0 spiro atoms. The van der Waals surface area contributed by atoms with Crippen molar-refractivity contribution >= 4 is 17.2 Å². The van der Waals surface area contributed by atoms with Crippen molar-refractivity contribution in [2.45, 2.75) is 53.2 Å². The van der Waals surface area contributed by atoms with Crippen molar-refractivity contribution < 1.29 is 9.53 Å². The highest BCUT2D eigenvalue weighted by atomic mass is 16.5. The lowest BCUT2D eigenvalue weighted by atomic mass is 10.1. The predicted molar refractivity (Wildman–Crippen MR) is 82.8 cm³/mol. The van der Waals surface area contributed by atoms with Crippen LogP contribution in [0.25, 0.3) is 10.9 Å². The van der Waals surface area contributed by atoms with Crippen LogP contribution in [0.4, 0.5) is 0 Å². The molecule has 0 aliphatic carbocycles. The summed E-state index contributed by atoms with van der Waals surface area (Å²) in [4.78, 5) is 11.4. The fourth-order valence-electron chi connectivity index (χ4n) is 2.65. The molecule has 3 nitrogen and oxygen atoms in total. The number of fused-ring (bicyclic) bond motifs is 1. The van der Waals surface area contributed by atoms with Crippen molar-refractivity contribution in [3.8, 4) is 5.75 Å². The summed E-state index contributed by atoms with van der Waals surface area (Å²) in [5, 5.41) is 0.979. The SMILES string of the molecule is CC[C@H](C)Oc1ccc2c(c1)c(C=O)c(C)n2C(C)C. The van der Waals surface area contributed by atoms with Crippen molar-refractivity contribution in [1.29, 1.82) is 0 Å². The molecule has 1 heterocycles. The third-order valence-electron chi connectivity index (χ3n) is 3.82. The Hall–Kier alpha value is -1.77. The van der Waals surface area contributed by atoms with Crippen LogP contribution in [-0.4, -0.2) is 17.0 Å². The lowest BCUT2D eigenvalue weighted by Crippen LogP contribution is -2.09. The molecule has 0 N–H and O–H groups in total. The Morgan fingerprint density at radius 2 is 2.00 bits per heavy atom. The zero-order valence-electron chi connectivity index (χ0n) is 12.9. The van der Waals surface area contributed by atoms with Gasteiger partial charge in [0.05, 0.1) is 6.10 Å². The summed E-state index contributed by atoms with van der Waals surface area (Å²) in [5.41, 5.74) is 2.88. The van der Waals surface area contributed by atoms with Gasteiger partial charge >= 0.3 is 0 Å². The van der Waals surface area contributed by atoms with E-state index in [0.29, 0.717) is 6.04 Å². The first-order valence-corrected chi connectivity index (χ1v) is 7.26. The van der Waals surface area contributed by atoms with E-state index in [4.69, 9.17) is 4.74 Å². The Morgan fingerprint density at radius 1 is 1.30 bits per heavy atom. The summed E-state index contributed by atoms with van der Waals surface area (Å²) in [5.74, 6) is 0.829. The van der Waals surface area contributed by atoms with E-state index in [1.54, 1.807) is 0 Å². The molecule has 0 bridgehead atoms. The second-order valence-electron chi connectivity index (χ2n) is 5.60. The molecular formula is C17H23NO2. The second kappa shape index (κ2) is 5.70. The van der Waals surface area contributed by atoms with Crippen LogP contribution < -0.4 is 4.74 Å². The molecule has 0 amide bonds. The van der Waals surface area contributed by atoms with E-state index < -0.39 is 0 Å². The zero-order valence-corrected chi connectivity index (χ0v) is 12.9. The van der Waals surface area contributed by atoms with Crippen LogP contribution in [0.15, 0.2) is 18.2 Å². The van der Waals surface area contributed by atoms with Crippen molar-refractivity contribution in [1.82, 2.24) is 4.57 Å². The zero-order chi connectivity index (χ0) is 14.9. The summed E-state index contributed by atoms with van der Waals surface area (Å²) >= 11 is 0. The largest absolute Gasteiger partial charge is 0.491 e. The molecule has 3 heteroatoms. The number of hydrogen-bond acceptors (Lipinski definition) is 2. The fraction of sp³-hybridized carbons (Fsp3) is 0.471. The van der Waals surface area contributed by atoms with E-state index in [-0.39, 0.29) is 6.10 Å². The van der Waals surface area contributed by atoms with Gasteiger partial charge in [0, 0.05) is 28.2 Å². The number of nitrogens with zero attached hydrogens (tertiary/aromatic N) is 1. The second-order valence-corrected chi connectivity index (χ2v) is 5.60. The highest BCUT2D eigenvalue weighted by Crippen LogP contribution is 2.31. The van der Waals surface area contributed by atoms with Crippen molar-refractivity contribution in [2.75, 3.05) is 0 Å². The number of benzene rings is 1. The normalized spacial score (nSPS) is 12.9. The van der Waals surface area contributed by atoms with Crippen LogP contribution in [0, 0.1) is 6.92 Å². The lowest BCUT2D eigenvalue weighted by molar-refractivity contribution is 0.112. The smallest absolute Gasteiger partial charge is 0.152 e. The number of hydrogen-bond donors (Lipinski definition) is 0. The number of rotatable bonds is 5. The van der Waals surface area contributed by atoms with Gasteiger partial charge in [0.2, 0.25) is 0 Å². The van der Waals surface area contributed by atoms with E-state index in [9.17, 15) is 4.79 Å². The number of aromatic nitrogens is 1. The van der Waals surface area contributed by atoms with E-state index in [2.05, 4.69) is 32.3 Å². The van der Waals surface area contributed by atoms with Crippen molar-refractivity contribution in [3.63, 3.8) is 0 Å². The average Bonchev–Trinajstić information content (AvgIpc) is 2.69. The molecule has 0 aliphatic heterocycles. The third-order valence-corrected chi connectivity index (χ3v) is 3.82. The Labute approximate surface area is 120 Å². The number of ether oxygens (including phenoxy) is 1. The standard InChI is InChI=1S/C17H23NO2/c1-6-12(4)20-14-7-8-17-15(9-14)16(10-19)13(5)18(17)11(2)3/h7-12H,6H2,1-5H3/t12-/m0/s1. The molecule has 2 rings (SSSR count). The van der Waals surface area contributed by atoms with Gasteiger partial charge in [-0.2, -0.15) is 0 Å². The molecular weight excluding hydrogens is 250 g/mol. The van der Waals surface area contributed by atoms with Crippen LogP contribution in [-0.2, 0) is 0 Å². The van der Waals surface area contributed by atoms with Gasteiger partial charge < -0.3 is 9.30 Å². The third kappa shape index (κ3) is 2.45. The molecule has 0 radical (unpaired) electrons. The minimum Gasteiger partial charge on any atom is -0.491 e. The molecule has 0 aliphatic rings. The van der Waals surface area contributed by atoms with Crippen LogP contribution in [0.3, 0.4) is 0 Å². The molecule has 0 saturated heterocycles. The maximum absolute atomic E-state index is 11.4. The Bertz CT molecular complexity index is 625. The molecule has 1 aromatic heterocycles. The topological polar surface area (TPSA) is 31.2 Å². The van der Waals surface area contributed by atoms with Gasteiger partial charge in [-0.1, -0.05) is 6.92 Å². The number of carbonyl (C=O) groups excluding carboxylic acids is 1. The van der Waals surface area contributed by atoms with Crippen molar-refractivity contribution in [3.05, 3.63) is 29.5 Å². The van der Waals surface area contributed by atoms with Gasteiger partial charge in [0.25, 0.3) is 0 Å². The Balaban J connectivity index is 2.59. The monoisotopic (exact) mass is 273 g/mol. The first kappa shape index (κ1) is 14.6. The minimum absolute atomic E-state index is 0.181. The molecule has 0 unspecified atom stereocenters. The highest BCUT2D eigenvalue weighted by Gasteiger charge is 2.16. The summed E-state index contributed by atoms with van der Waals surface area (Å²) in [6.07, 6.45) is 2.09. The minimum atomic E-state index is 0.181. The van der Waals surface area contributed by atoms with Gasteiger partial charge in [-0.25, -0.2) is 0 Å². The molecule has 108 valence electrons.